The Balaban J connectivity index is 2.17. The molecule has 0 aliphatic carbocycles. The Hall–Kier alpha value is -2.48. The van der Waals surface area contributed by atoms with E-state index in [0.717, 1.165) is 6.07 Å². The molecule has 0 saturated carbocycles. The van der Waals surface area contributed by atoms with Crippen molar-refractivity contribution in [3.63, 3.8) is 0 Å². The molecule has 5 heteroatoms. The van der Waals surface area contributed by atoms with Gasteiger partial charge in [0.2, 0.25) is 0 Å². The minimum atomic E-state index is -3.11. The zero-order valence-electron chi connectivity index (χ0n) is 10.4. The molecule has 0 aromatic heterocycles. The van der Waals surface area contributed by atoms with Crippen LogP contribution in [0.15, 0.2) is 48.5 Å². The number of nitrogens with zero attached hydrogens (tertiary/aromatic N) is 1. The molecule has 2 aromatic rings. The van der Waals surface area contributed by atoms with Gasteiger partial charge in [0.25, 0.3) is 5.92 Å². The zero-order valence-corrected chi connectivity index (χ0v) is 10.4. The molecule has 0 radical (unpaired) electrons. The third-order valence-corrected chi connectivity index (χ3v) is 2.82. The Morgan fingerprint density at radius 1 is 1.05 bits per heavy atom. The number of anilines is 1. The molecule has 102 valence electrons. The summed E-state index contributed by atoms with van der Waals surface area (Å²) in [4.78, 5) is 0. The molecule has 0 aliphatic heterocycles. The average molecular weight is 276 g/mol. The van der Waals surface area contributed by atoms with Gasteiger partial charge >= 0.3 is 0 Å². The number of halogens is 3. The lowest BCUT2D eigenvalue weighted by Crippen LogP contribution is -2.25. The molecule has 0 amide bonds. The van der Waals surface area contributed by atoms with E-state index >= 15 is 0 Å². The highest BCUT2D eigenvalue weighted by Gasteiger charge is 2.31. The molecule has 0 heterocycles. The average Bonchev–Trinajstić information content (AvgIpc) is 2.46. The van der Waals surface area contributed by atoms with Crippen LogP contribution in [0, 0.1) is 17.1 Å². The van der Waals surface area contributed by atoms with Crippen molar-refractivity contribution in [1.82, 2.24) is 0 Å². The maximum Gasteiger partial charge on any atom is 0.290 e. The first-order chi connectivity index (χ1) is 9.54. The topological polar surface area (TPSA) is 35.8 Å². The van der Waals surface area contributed by atoms with Crippen LogP contribution in [0.5, 0.6) is 0 Å². The Morgan fingerprint density at radius 2 is 1.75 bits per heavy atom. The molecule has 2 nitrogen and oxygen atoms in total. The van der Waals surface area contributed by atoms with E-state index in [2.05, 4.69) is 5.32 Å². The van der Waals surface area contributed by atoms with Gasteiger partial charge in [-0.3, -0.25) is 0 Å². The van der Waals surface area contributed by atoms with Crippen LogP contribution in [0.4, 0.5) is 18.9 Å². The van der Waals surface area contributed by atoms with Crippen molar-refractivity contribution in [3.05, 3.63) is 65.5 Å². The first kappa shape index (κ1) is 13.9. The van der Waals surface area contributed by atoms with Gasteiger partial charge in [-0.2, -0.15) is 14.0 Å². The van der Waals surface area contributed by atoms with Crippen LogP contribution >= 0.6 is 0 Å². The van der Waals surface area contributed by atoms with E-state index in [1.807, 2.05) is 0 Å². The van der Waals surface area contributed by atoms with Crippen LogP contribution in [0.3, 0.4) is 0 Å². The standard InChI is InChI=1S/C15H11F3N2/c16-13-7-4-8-14(12(13)9-19)20-10-15(17,18)11-5-2-1-3-6-11/h1-8,20H,10H2. The van der Waals surface area contributed by atoms with E-state index in [9.17, 15) is 13.2 Å². The van der Waals surface area contributed by atoms with Gasteiger partial charge in [0, 0.05) is 5.56 Å². The van der Waals surface area contributed by atoms with Gasteiger partial charge in [0.15, 0.2) is 0 Å². The number of nitriles is 1. The lowest BCUT2D eigenvalue weighted by Gasteiger charge is -2.18. The number of nitrogens with one attached hydrogen (secondary N) is 1. The normalized spacial score (nSPS) is 10.9. The minimum absolute atomic E-state index is 0.0584. The molecular formula is C15H11F3N2. The highest BCUT2D eigenvalue weighted by molar-refractivity contribution is 5.58. The van der Waals surface area contributed by atoms with Crippen molar-refractivity contribution in [1.29, 1.82) is 5.26 Å². The second kappa shape index (κ2) is 5.66. The van der Waals surface area contributed by atoms with E-state index < -0.39 is 18.3 Å². The van der Waals surface area contributed by atoms with Crippen LogP contribution in [-0.4, -0.2) is 6.54 Å². The number of benzene rings is 2. The number of hydrogen-bond donors (Lipinski definition) is 1. The third kappa shape index (κ3) is 2.91. The molecular weight excluding hydrogens is 265 g/mol. The fourth-order valence-corrected chi connectivity index (χ4v) is 1.78. The highest BCUT2D eigenvalue weighted by Crippen LogP contribution is 2.28. The largest absolute Gasteiger partial charge is 0.377 e. The SMILES string of the molecule is N#Cc1c(F)cccc1NCC(F)(F)c1ccccc1. The quantitative estimate of drug-likeness (QED) is 0.919. The summed E-state index contributed by atoms with van der Waals surface area (Å²) in [7, 11) is 0. The zero-order chi connectivity index (χ0) is 14.6. The second-order valence-electron chi connectivity index (χ2n) is 4.20. The second-order valence-corrected chi connectivity index (χ2v) is 4.20. The first-order valence-corrected chi connectivity index (χ1v) is 5.90. The van der Waals surface area contributed by atoms with Gasteiger partial charge in [-0.15, -0.1) is 0 Å². The number of rotatable bonds is 4. The summed E-state index contributed by atoms with van der Waals surface area (Å²) in [5.74, 6) is -3.85. The summed E-state index contributed by atoms with van der Waals surface area (Å²) in [5.41, 5.74) is -0.345. The van der Waals surface area contributed by atoms with E-state index in [-0.39, 0.29) is 16.8 Å². The van der Waals surface area contributed by atoms with Crippen LogP contribution in [0.25, 0.3) is 0 Å². The van der Waals surface area contributed by atoms with Gasteiger partial charge in [-0.1, -0.05) is 36.4 Å². The third-order valence-electron chi connectivity index (χ3n) is 2.82. The molecule has 0 unspecified atom stereocenters. The van der Waals surface area contributed by atoms with Crippen molar-refractivity contribution in [2.75, 3.05) is 11.9 Å². The summed E-state index contributed by atoms with van der Waals surface area (Å²) in [6.07, 6.45) is 0. The predicted molar refractivity (Wildman–Crippen MR) is 69.9 cm³/mol. The molecule has 0 saturated heterocycles. The van der Waals surface area contributed by atoms with E-state index in [0.29, 0.717) is 0 Å². The monoisotopic (exact) mass is 276 g/mol. The van der Waals surface area contributed by atoms with Crippen molar-refractivity contribution in [2.45, 2.75) is 5.92 Å². The van der Waals surface area contributed by atoms with Gasteiger partial charge in [0.1, 0.15) is 17.4 Å². The molecule has 1 N–H and O–H groups in total. The van der Waals surface area contributed by atoms with Crippen molar-refractivity contribution in [3.8, 4) is 6.07 Å². The van der Waals surface area contributed by atoms with Crippen molar-refractivity contribution < 1.29 is 13.2 Å². The Morgan fingerprint density at radius 3 is 2.40 bits per heavy atom. The smallest absolute Gasteiger partial charge is 0.290 e. The van der Waals surface area contributed by atoms with Crippen LogP contribution in [0.2, 0.25) is 0 Å². The summed E-state index contributed by atoms with van der Waals surface area (Å²) in [6, 6.07) is 12.8. The number of hydrogen-bond acceptors (Lipinski definition) is 2. The molecule has 0 bridgehead atoms. The van der Waals surface area contributed by atoms with Crippen molar-refractivity contribution in [2.24, 2.45) is 0 Å². The summed E-state index contributed by atoms with van der Waals surface area (Å²) >= 11 is 0. The van der Waals surface area contributed by atoms with Crippen LogP contribution in [-0.2, 0) is 5.92 Å². The van der Waals surface area contributed by atoms with E-state index in [1.165, 1.54) is 36.4 Å². The van der Waals surface area contributed by atoms with Gasteiger partial charge in [-0.05, 0) is 12.1 Å². The maximum atomic E-state index is 13.9. The molecule has 20 heavy (non-hydrogen) atoms. The highest BCUT2D eigenvalue weighted by atomic mass is 19.3. The molecule has 2 rings (SSSR count). The molecule has 0 fully saturated rings. The Labute approximate surface area is 114 Å². The van der Waals surface area contributed by atoms with Gasteiger partial charge in [-0.25, -0.2) is 4.39 Å². The lowest BCUT2D eigenvalue weighted by atomic mass is 10.1. The van der Waals surface area contributed by atoms with Gasteiger partial charge < -0.3 is 5.32 Å². The van der Waals surface area contributed by atoms with Crippen LogP contribution < -0.4 is 5.32 Å². The molecule has 2 aromatic carbocycles. The summed E-state index contributed by atoms with van der Waals surface area (Å²) in [5, 5.41) is 11.3. The molecule has 0 aliphatic rings. The Bertz CT molecular complexity index is 633. The fraction of sp³-hybridized carbons (Fsp3) is 0.133. The summed E-state index contributed by atoms with van der Waals surface area (Å²) in [6.45, 7) is -0.713. The number of alkyl halides is 2. The van der Waals surface area contributed by atoms with E-state index in [1.54, 1.807) is 12.1 Å². The van der Waals surface area contributed by atoms with E-state index in [4.69, 9.17) is 5.26 Å². The lowest BCUT2D eigenvalue weighted by molar-refractivity contribution is 0.0106. The van der Waals surface area contributed by atoms with Gasteiger partial charge in [0.05, 0.1) is 12.2 Å². The first-order valence-electron chi connectivity index (χ1n) is 5.90. The minimum Gasteiger partial charge on any atom is -0.377 e. The predicted octanol–water partition coefficient (Wildman–Crippen LogP) is 3.90. The summed E-state index contributed by atoms with van der Waals surface area (Å²) < 4.78 is 41.2. The fourth-order valence-electron chi connectivity index (χ4n) is 1.78. The van der Waals surface area contributed by atoms with Crippen molar-refractivity contribution >= 4 is 5.69 Å². The maximum absolute atomic E-state index is 13.9. The van der Waals surface area contributed by atoms with Crippen LogP contribution in [0.1, 0.15) is 11.1 Å². The molecule has 0 atom stereocenters. The molecule has 0 spiro atoms. The Kier molecular flexibility index (Phi) is 3.94.